The van der Waals surface area contributed by atoms with Gasteiger partial charge in [-0.2, -0.15) is 16.8 Å². The summed E-state index contributed by atoms with van der Waals surface area (Å²) >= 11 is 0. The minimum absolute atomic E-state index is 0.0758. The molecule has 1 aliphatic rings. The average molecular weight is 472 g/mol. The van der Waals surface area contributed by atoms with Crippen LogP contribution in [0.4, 0.5) is 0 Å². The van der Waals surface area contributed by atoms with Crippen LogP contribution in [-0.4, -0.2) is 40.1 Å². The maximum atomic E-state index is 13.4. The van der Waals surface area contributed by atoms with Gasteiger partial charge < -0.3 is 4.74 Å². The van der Waals surface area contributed by atoms with E-state index in [9.17, 15) is 21.6 Å². The molecule has 1 aliphatic heterocycles. The van der Waals surface area contributed by atoms with Crippen molar-refractivity contribution in [2.45, 2.75) is 9.79 Å². The number of hydrazine groups is 1. The van der Waals surface area contributed by atoms with Crippen LogP contribution in [0, 0.1) is 0 Å². The highest BCUT2D eigenvalue weighted by Gasteiger charge is 2.36. The fourth-order valence-corrected chi connectivity index (χ4v) is 5.45. The number of carbonyl (C=O) groups is 1. The van der Waals surface area contributed by atoms with Crippen LogP contribution >= 0.6 is 0 Å². The van der Waals surface area contributed by atoms with Gasteiger partial charge in [-0.1, -0.05) is 30.3 Å². The molecule has 1 heterocycles. The van der Waals surface area contributed by atoms with Crippen LogP contribution in [0.5, 0.6) is 5.75 Å². The number of nitrogens with one attached hydrogen (secondary N) is 1. The van der Waals surface area contributed by atoms with Gasteiger partial charge in [0, 0.05) is 11.1 Å². The Kier molecular flexibility index (Phi) is 5.45. The first-order valence-electron chi connectivity index (χ1n) is 9.24. The summed E-state index contributed by atoms with van der Waals surface area (Å²) in [6, 6.07) is 19.1. The number of methoxy groups -OCH3 is 1. The lowest BCUT2D eigenvalue weighted by Gasteiger charge is -2.24. The molecule has 32 heavy (non-hydrogen) atoms. The number of hydrogen-bond donors (Lipinski definition) is 1. The van der Waals surface area contributed by atoms with Gasteiger partial charge in [-0.3, -0.25) is 10.2 Å². The second-order valence-electron chi connectivity index (χ2n) is 6.64. The van der Waals surface area contributed by atoms with Crippen molar-refractivity contribution in [3.63, 3.8) is 0 Å². The summed E-state index contributed by atoms with van der Waals surface area (Å²) in [6.07, 6.45) is 0. The summed E-state index contributed by atoms with van der Waals surface area (Å²) < 4.78 is 60.7. The van der Waals surface area contributed by atoms with Gasteiger partial charge in [0.1, 0.15) is 10.6 Å². The van der Waals surface area contributed by atoms with Crippen LogP contribution in [0.3, 0.4) is 0 Å². The highest BCUT2D eigenvalue weighted by Crippen LogP contribution is 2.26. The lowest BCUT2D eigenvalue weighted by atomic mass is 10.2. The fraction of sp³-hybridized carbons (Fsp3) is 0.0476. The first kappa shape index (κ1) is 21.5. The number of ether oxygens (including phenoxy) is 1. The van der Waals surface area contributed by atoms with Crippen LogP contribution in [0.15, 0.2) is 93.1 Å². The third-order valence-electron chi connectivity index (χ3n) is 4.64. The molecule has 0 fully saturated rings. The molecule has 0 aromatic heterocycles. The molecule has 1 N–H and O–H groups in total. The molecule has 9 nitrogen and oxygen atoms in total. The van der Waals surface area contributed by atoms with E-state index in [4.69, 9.17) is 4.74 Å². The zero-order valence-corrected chi connectivity index (χ0v) is 18.3. The Morgan fingerprint density at radius 3 is 2.22 bits per heavy atom. The summed E-state index contributed by atoms with van der Waals surface area (Å²) in [6.45, 7) is 0. The topological polar surface area (TPSA) is 122 Å². The largest absolute Gasteiger partial charge is 0.497 e. The van der Waals surface area contributed by atoms with E-state index >= 15 is 0 Å². The molecule has 0 saturated heterocycles. The van der Waals surface area contributed by atoms with Crippen molar-refractivity contribution >= 4 is 31.8 Å². The molecule has 0 atom stereocenters. The van der Waals surface area contributed by atoms with Gasteiger partial charge in [0.05, 0.1) is 12.0 Å². The molecule has 0 saturated carbocycles. The molecule has 3 aromatic rings. The molecule has 164 valence electrons. The Morgan fingerprint density at radius 2 is 1.56 bits per heavy atom. The van der Waals surface area contributed by atoms with E-state index in [2.05, 4.69) is 9.82 Å². The van der Waals surface area contributed by atoms with Crippen molar-refractivity contribution in [3.8, 4) is 5.75 Å². The molecular weight excluding hydrogens is 454 g/mol. The second-order valence-corrected chi connectivity index (χ2v) is 10.00. The smallest absolute Gasteiger partial charge is 0.286 e. The highest BCUT2D eigenvalue weighted by atomic mass is 32.2. The zero-order valence-electron chi connectivity index (χ0n) is 16.7. The number of rotatable bonds is 4. The second kappa shape index (κ2) is 8.09. The van der Waals surface area contributed by atoms with Crippen molar-refractivity contribution < 1.29 is 26.4 Å². The number of fused-ring (bicyclic) bond motifs is 1. The van der Waals surface area contributed by atoms with E-state index in [-0.39, 0.29) is 26.8 Å². The van der Waals surface area contributed by atoms with Gasteiger partial charge >= 0.3 is 0 Å². The molecule has 11 heteroatoms. The van der Waals surface area contributed by atoms with Gasteiger partial charge in [-0.15, -0.1) is 8.81 Å². The van der Waals surface area contributed by atoms with Gasteiger partial charge in [-0.25, -0.2) is 0 Å². The van der Waals surface area contributed by atoms with Crippen molar-refractivity contribution in [1.82, 2.24) is 9.84 Å². The third-order valence-corrected chi connectivity index (χ3v) is 7.58. The Balaban J connectivity index is 1.81. The van der Waals surface area contributed by atoms with Crippen LogP contribution in [0.1, 0.15) is 15.9 Å². The van der Waals surface area contributed by atoms with Gasteiger partial charge in [0.25, 0.3) is 26.0 Å². The predicted octanol–water partition coefficient (Wildman–Crippen LogP) is 2.18. The maximum absolute atomic E-state index is 13.4. The molecule has 4 rings (SSSR count). The lowest BCUT2D eigenvalue weighted by Crippen LogP contribution is -2.49. The molecule has 0 bridgehead atoms. The molecule has 0 aliphatic carbocycles. The fourth-order valence-electron chi connectivity index (χ4n) is 3.05. The van der Waals surface area contributed by atoms with E-state index < -0.39 is 26.0 Å². The first-order chi connectivity index (χ1) is 15.2. The average Bonchev–Trinajstić information content (AvgIpc) is 3.07. The van der Waals surface area contributed by atoms with Gasteiger partial charge in [0.2, 0.25) is 0 Å². The van der Waals surface area contributed by atoms with Crippen molar-refractivity contribution in [2.24, 2.45) is 4.40 Å². The summed E-state index contributed by atoms with van der Waals surface area (Å²) in [5.74, 6) is -0.758. The van der Waals surface area contributed by atoms with Crippen LogP contribution < -0.4 is 10.2 Å². The van der Waals surface area contributed by atoms with Crippen molar-refractivity contribution in [3.05, 3.63) is 90.0 Å². The molecule has 0 unspecified atom stereocenters. The Bertz CT molecular complexity index is 1420. The maximum Gasteiger partial charge on any atom is 0.286 e. The van der Waals surface area contributed by atoms with Crippen LogP contribution in [0.25, 0.3) is 0 Å². The van der Waals surface area contributed by atoms with E-state index in [0.717, 1.165) is 0 Å². The molecule has 1 amide bonds. The Labute approximate surface area is 185 Å². The van der Waals surface area contributed by atoms with Crippen LogP contribution in [0.2, 0.25) is 0 Å². The van der Waals surface area contributed by atoms with E-state index in [1.807, 2.05) is 0 Å². The first-order valence-corrected chi connectivity index (χ1v) is 12.1. The Morgan fingerprint density at radius 1 is 0.938 bits per heavy atom. The van der Waals surface area contributed by atoms with Crippen LogP contribution in [-0.2, 0) is 20.0 Å². The number of amides is 1. The highest BCUT2D eigenvalue weighted by molar-refractivity contribution is 7.91. The van der Waals surface area contributed by atoms with Crippen molar-refractivity contribution in [1.29, 1.82) is 0 Å². The van der Waals surface area contributed by atoms with E-state index in [1.165, 1.54) is 61.7 Å². The third kappa shape index (κ3) is 3.83. The summed E-state index contributed by atoms with van der Waals surface area (Å²) in [5.41, 5.74) is 2.66. The number of sulfonamides is 2. The van der Waals surface area contributed by atoms with Crippen molar-refractivity contribution in [2.75, 3.05) is 7.11 Å². The molecule has 3 aromatic carbocycles. The minimum atomic E-state index is -4.46. The monoisotopic (exact) mass is 471 g/mol. The SMILES string of the molecule is COc1ccc(S(=O)(=O)N(NC2=NS(=O)(=O)c3ccccc32)C(=O)c2ccccc2)cc1. The summed E-state index contributed by atoms with van der Waals surface area (Å²) in [4.78, 5) is 12.9. The number of benzene rings is 3. The molecule has 0 spiro atoms. The molecule has 0 radical (unpaired) electrons. The standard InChI is InChI=1S/C21H17N3O6S2/c1-30-16-11-13-17(14-12-16)32(28,29)24(21(25)15-7-3-2-4-8-15)22-20-18-9-5-6-10-19(18)31(26,27)23-20/h2-14H,1H3,(H,22,23). The zero-order chi connectivity index (χ0) is 22.9. The number of amidine groups is 1. The number of carbonyl (C=O) groups excluding carboxylic acids is 1. The van der Waals surface area contributed by atoms with E-state index in [0.29, 0.717) is 10.2 Å². The van der Waals surface area contributed by atoms with Gasteiger partial charge in [0.15, 0.2) is 5.84 Å². The van der Waals surface area contributed by atoms with E-state index in [1.54, 1.807) is 24.3 Å². The Hall–Kier alpha value is -3.70. The van der Waals surface area contributed by atoms with Gasteiger partial charge in [-0.05, 0) is 48.5 Å². The number of nitrogens with zero attached hydrogens (tertiary/aromatic N) is 2. The lowest BCUT2D eigenvalue weighted by molar-refractivity contribution is 0.0838. The molecular formula is C21H17N3O6S2. The summed E-state index contributed by atoms with van der Waals surface area (Å²) in [5, 5.41) is 0. The minimum Gasteiger partial charge on any atom is -0.497 e. The number of hydrogen-bond acceptors (Lipinski definition) is 7. The summed E-state index contributed by atoms with van der Waals surface area (Å²) in [7, 11) is -7.06. The quantitative estimate of drug-likeness (QED) is 0.579. The normalized spacial score (nSPS) is 14.2. The predicted molar refractivity (Wildman–Crippen MR) is 116 cm³/mol.